The third-order valence-electron chi connectivity index (χ3n) is 2.96. The fraction of sp³-hybridized carbons (Fsp3) is 0.588. The molecule has 0 aliphatic heterocycles. The van der Waals surface area contributed by atoms with Gasteiger partial charge < -0.3 is 28.8 Å². The summed E-state index contributed by atoms with van der Waals surface area (Å²) in [6.07, 6.45) is 6.45. The largest absolute Gasteiger partial charge is 0.512 e. The van der Waals surface area contributed by atoms with Gasteiger partial charge in [0.05, 0.1) is 52.0 Å². The van der Waals surface area contributed by atoms with Gasteiger partial charge in [0.25, 0.3) is 0 Å². The lowest BCUT2D eigenvalue weighted by Gasteiger charge is -2.08. The molecule has 142 valence electrons. The molecular formula is C17H27NO7. The van der Waals surface area contributed by atoms with Gasteiger partial charge in [0.2, 0.25) is 0 Å². The monoisotopic (exact) mass is 357 g/mol. The van der Waals surface area contributed by atoms with Crippen LogP contribution in [0.4, 0.5) is 4.79 Å². The Kier molecular flexibility index (Phi) is 12.3. The number of methoxy groups -OCH3 is 1. The minimum atomic E-state index is -0.571. The van der Waals surface area contributed by atoms with Gasteiger partial charge >= 0.3 is 6.09 Å². The first kappa shape index (κ1) is 21.2. The molecule has 0 atom stereocenters. The summed E-state index contributed by atoms with van der Waals surface area (Å²) < 4.78 is 25.7. The second kappa shape index (κ2) is 14.5. The average molecular weight is 357 g/mol. The first-order chi connectivity index (χ1) is 12.2. The second-order valence-corrected chi connectivity index (χ2v) is 4.98. The zero-order chi connectivity index (χ0) is 18.2. The number of carbonyl (C=O) groups excluding carboxylic acids is 1. The molecule has 8 heteroatoms. The number of aliphatic hydroxyl groups is 1. The zero-order valence-electron chi connectivity index (χ0n) is 14.6. The highest BCUT2D eigenvalue weighted by Crippen LogP contribution is 2.06. The maximum Gasteiger partial charge on any atom is 0.411 e. The van der Waals surface area contributed by atoms with Crippen molar-refractivity contribution >= 4 is 6.09 Å². The van der Waals surface area contributed by atoms with E-state index < -0.39 is 6.09 Å². The topological polar surface area (TPSA) is 95.5 Å². The first-order valence-corrected chi connectivity index (χ1v) is 8.14. The van der Waals surface area contributed by atoms with Crippen LogP contribution in [0.5, 0.6) is 0 Å². The molecule has 0 saturated carbocycles. The summed E-state index contributed by atoms with van der Waals surface area (Å²) in [4.78, 5) is 11.6. The minimum absolute atomic E-state index is 0.143. The Morgan fingerprint density at radius 3 is 2.24 bits per heavy atom. The maximum atomic E-state index is 11.6. The van der Waals surface area contributed by atoms with Gasteiger partial charge in [-0.15, -0.1) is 0 Å². The van der Waals surface area contributed by atoms with Gasteiger partial charge in [0, 0.05) is 19.2 Å². The van der Waals surface area contributed by atoms with Crippen LogP contribution in [0.2, 0.25) is 0 Å². The molecule has 0 radical (unpaired) electrons. The van der Waals surface area contributed by atoms with E-state index in [2.05, 4.69) is 5.32 Å². The first-order valence-electron chi connectivity index (χ1n) is 8.14. The summed E-state index contributed by atoms with van der Waals surface area (Å²) in [7, 11) is 1.62. The van der Waals surface area contributed by atoms with E-state index >= 15 is 0 Å². The molecule has 1 aliphatic rings. The van der Waals surface area contributed by atoms with Gasteiger partial charge in [0.15, 0.2) is 0 Å². The Balaban J connectivity index is 1.92. The van der Waals surface area contributed by atoms with Crippen LogP contribution in [0.3, 0.4) is 0 Å². The summed E-state index contributed by atoms with van der Waals surface area (Å²) in [5.74, 6) is 0.235. The van der Waals surface area contributed by atoms with Crippen LogP contribution < -0.4 is 5.32 Å². The van der Waals surface area contributed by atoms with E-state index in [9.17, 15) is 9.90 Å². The molecule has 25 heavy (non-hydrogen) atoms. The van der Waals surface area contributed by atoms with E-state index in [0.29, 0.717) is 51.8 Å². The van der Waals surface area contributed by atoms with E-state index in [1.807, 2.05) is 0 Å². The van der Waals surface area contributed by atoms with E-state index in [1.165, 1.54) is 6.08 Å². The summed E-state index contributed by atoms with van der Waals surface area (Å²) in [5.41, 5.74) is 0.552. The molecule has 0 fully saturated rings. The predicted molar refractivity (Wildman–Crippen MR) is 91.4 cm³/mol. The molecule has 0 heterocycles. The van der Waals surface area contributed by atoms with E-state index in [1.54, 1.807) is 25.3 Å². The van der Waals surface area contributed by atoms with Crippen LogP contribution in [0, 0.1) is 0 Å². The lowest BCUT2D eigenvalue weighted by molar-refractivity contribution is -0.00218. The van der Waals surface area contributed by atoms with Gasteiger partial charge in [-0.05, 0) is 18.2 Å². The molecule has 0 saturated heterocycles. The highest BCUT2D eigenvalue weighted by Gasteiger charge is 2.04. The van der Waals surface area contributed by atoms with Crippen molar-refractivity contribution in [3.05, 3.63) is 35.8 Å². The quantitative estimate of drug-likeness (QED) is 0.484. The molecule has 1 amide bonds. The summed E-state index contributed by atoms with van der Waals surface area (Å²) in [6, 6.07) is 0. The van der Waals surface area contributed by atoms with Crippen molar-refractivity contribution in [1.82, 2.24) is 5.32 Å². The highest BCUT2D eigenvalue weighted by molar-refractivity contribution is 5.70. The van der Waals surface area contributed by atoms with E-state index in [4.69, 9.17) is 23.7 Å². The highest BCUT2D eigenvalue weighted by atomic mass is 16.6. The minimum Gasteiger partial charge on any atom is -0.512 e. The van der Waals surface area contributed by atoms with Crippen molar-refractivity contribution in [3.63, 3.8) is 0 Å². The Labute approximate surface area is 148 Å². The normalized spacial score (nSPS) is 13.8. The molecular weight excluding hydrogens is 330 g/mol. The molecule has 8 nitrogen and oxygen atoms in total. The number of rotatable bonds is 13. The van der Waals surface area contributed by atoms with Crippen LogP contribution >= 0.6 is 0 Å². The Hall–Kier alpha value is -1.87. The van der Waals surface area contributed by atoms with Crippen LogP contribution in [0.1, 0.15) is 6.42 Å². The number of amides is 1. The number of hydrogen-bond donors (Lipinski definition) is 2. The smallest absolute Gasteiger partial charge is 0.411 e. The third kappa shape index (κ3) is 12.2. The van der Waals surface area contributed by atoms with Crippen LogP contribution in [0.25, 0.3) is 0 Å². The predicted octanol–water partition coefficient (Wildman–Crippen LogP) is 1.69. The number of allylic oxidation sites excluding steroid dienone is 4. The van der Waals surface area contributed by atoms with Gasteiger partial charge in [-0.2, -0.15) is 0 Å². The molecule has 1 aliphatic carbocycles. The number of nitrogens with one attached hydrogen (secondary N) is 1. The standard InChI is InChI=1S/C17H27NO7/c1-21-7-8-22-9-10-23-11-12-24-13-14-25-17(20)18-15-3-2-4-16(19)6-5-15/h2-3,5-6,19H,4,7-14H2,1H3,(H,18,20). The maximum absolute atomic E-state index is 11.6. The van der Waals surface area contributed by atoms with Crippen molar-refractivity contribution in [1.29, 1.82) is 0 Å². The Morgan fingerprint density at radius 2 is 1.60 bits per heavy atom. The molecule has 0 bridgehead atoms. The van der Waals surface area contributed by atoms with Crippen molar-refractivity contribution in [2.24, 2.45) is 0 Å². The summed E-state index contributed by atoms with van der Waals surface area (Å²) in [6.45, 7) is 3.45. The van der Waals surface area contributed by atoms with Gasteiger partial charge in [-0.25, -0.2) is 4.79 Å². The average Bonchev–Trinajstić information content (AvgIpc) is 2.80. The van der Waals surface area contributed by atoms with Crippen molar-refractivity contribution in [2.45, 2.75) is 6.42 Å². The molecule has 0 aromatic heterocycles. The fourth-order valence-corrected chi connectivity index (χ4v) is 1.73. The number of ether oxygens (including phenoxy) is 5. The lowest BCUT2D eigenvalue weighted by Crippen LogP contribution is -2.24. The Bertz CT molecular complexity index is 460. The summed E-state index contributed by atoms with van der Waals surface area (Å²) in [5, 5.41) is 11.9. The SMILES string of the molecule is COCCOCCOCCOCCOC(=O)NC1=CC=C(O)CC=C1. The molecule has 0 spiro atoms. The van der Waals surface area contributed by atoms with Gasteiger partial charge in [-0.1, -0.05) is 6.08 Å². The van der Waals surface area contributed by atoms with E-state index in [0.717, 1.165) is 0 Å². The number of alkyl carbamates (subject to hydrolysis) is 1. The van der Waals surface area contributed by atoms with Crippen molar-refractivity contribution in [2.75, 3.05) is 60.0 Å². The van der Waals surface area contributed by atoms with Crippen molar-refractivity contribution < 1.29 is 33.6 Å². The molecule has 1 rings (SSSR count). The third-order valence-corrected chi connectivity index (χ3v) is 2.96. The number of carbonyl (C=O) groups is 1. The van der Waals surface area contributed by atoms with Crippen LogP contribution in [-0.2, 0) is 23.7 Å². The summed E-state index contributed by atoms with van der Waals surface area (Å²) >= 11 is 0. The molecule has 0 unspecified atom stereocenters. The zero-order valence-corrected chi connectivity index (χ0v) is 14.6. The van der Waals surface area contributed by atoms with Crippen molar-refractivity contribution in [3.8, 4) is 0 Å². The number of aliphatic hydroxyl groups excluding tert-OH is 1. The van der Waals surface area contributed by atoms with Gasteiger partial charge in [0.1, 0.15) is 6.61 Å². The second-order valence-electron chi connectivity index (χ2n) is 4.98. The van der Waals surface area contributed by atoms with Crippen LogP contribution in [0.15, 0.2) is 35.8 Å². The van der Waals surface area contributed by atoms with Crippen LogP contribution in [-0.4, -0.2) is 71.2 Å². The van der Waals surface area contributed by atoms with Gasteiger partial charge in [-0.3, -0.25) is 5.32 Å². The molecule has 2 N–H and O–H groups in total. The molecule has 0 aromatic carbocycles. The fourth-order valence-electron chi connectivity index (χ4n) is 1.73. The lowest BCUT2D eigenvalue weighted by atomic mass is 10.3. The molecule has 0 aromatic rings. The Morgan fingerprint density at radius 1 is 1.00 bits per heavy atom. The van der Waals surface area contributed by atoms with E-state index in [-0.39, 0.29) is 19.0 Å². The number of hydrogen-bond acceptors (Lipinski definition) is 7.